The van der Waals surface area contributed by atoms with Gasteiger partial charge < -0.3 is 9.88 Å². The lowest BCUT2D eigenvalue weighted by Gasteiger charge is -2.31. The number of nitrogens with zero attached hydrogens (tertiary/aromatic N) is 4. The fourth-order valence-corrected chi connectivity index (χ4v) is 4.08. The van der Waals surface area contributed by atoms with E-state index < -0.39 is 0 Å². The molecule has 1 unspecified atom stereocenters. The summed E-state index contributed by atoms with van der Waals surface area (Å²) in [6.07, 6.45) is 8.98. The first-order valence-corrected chi connectivity index (χ1v) is 10.2. The Morgan fingerprint density at radius 1 is 1.34 bits per heavy atom. The van der Waals surface area contributed by atoms with Gasteiger partial charge in [-0.15, -0.1) is 0 Å². The van der Waals surface area contributed by atoms with Crippen LogP contribution in [0.4, 0.5) is 0 Å². The number of aryl methyl sites for hydroxylation is 1. The van der Waals surface area contributed by atoms with Crippen LogP contribution in [0.5, 0.6) is 0 Å². The Bertz CT molecular complexity index is 994. The molecule has 0 bridgehead atoms. The van der Waals surface area contributed by atoms with Crippen molar-refractivity contribution >= 4 is 23.6 Å². The lowest BCUT2D eigenvalue weighted by Crippen LogP contribution is -2.38. The molecule has 3 aromatic rings. The summed E-state index contributed by atoms with van der Waals surface area (Å²) in [5, 5.41) is 5.08. The van der Waals surface area contributed by atoms with Crippen LogP contribution in [0.1, 0.15) is 41.4 Å². The Morgan fingerprint density at radius 2 is 2.17 bits per heavy atom. The number of halogens is 1. The van der Waals surface area contributed by atoms with Crippen molar-refractivity contribution in [3.05, 3.63) is 76.6 Å². The summed E-state index contributed by atoms with van der Waals surface area (Å²) in [4.78, 5) is 22.1. The van der Waals surface area contributed by atoms with E-state index in [1.165, 1.54) is 0 Å². The van der Waals surface area contributed by atoms with E-state index in [1.54, 1.807) is 23.0 Å². The van der Waals surface area contributed by atoms with Crippen molar-refractivity contribution in [2.24, 2.45) is 0 Å². The number of aromatic amines is 1. The van der Waals surface area contributed by atoms with Crippen molar-refractivity contribution in [3.63, 3.8) is 0 Å². The van der Waals surface area contributed by atoms with Crippen molar-refractivity contribution in [2.45, 2.75) is 32.2 Å². The number of carbonyl (C=O) groups excluding carboxylic acids is 1. The number of benzene rings is 1. The van der Waals surface area contributed by atoms with Gasteiger partial charge in [0.2, 0.25) is 5.91 Å². The molecule has 1 atom stereocenters. The standard InChI is InChI=1S/C22H24ClN5O/c1-16-19(21(23)28(26-16)14-17-6-3-2-4-7-17)9-10-20(29)27-13-5-8-18(15-27)22-24-11-12-25-22/h2-4,6-7,9-12,18H,5,8,13-15H2,1H3,(H,24,25). The topological polar surface area (TPSA) is 66.8 Å². The second-order valence-electron chi connectivity index (χ2n) is 7.36. The average molecular weight is 410 g/mol. The molecular weight excluding hydrogens is 386 g/mol. The molecule has 2 aromatic heterocycles. The molecule has 1 aliphatic rings. The molecular formula is C22H24ClN5O. The molecule has 3 heterocycles. The van der Waals surface area contributed by atoms with E-state index in [0.29, 0.717) is 18.2 Å². The van der Waals surface area contributed by atoms with Gasteiger partial charge >= 0.3 is 0 Å². The number of amides is 1. The van der Waals surface area contributed by atoms with Crippen LogP contribution in [0.15, 0.2) is 48.8 Å². The van der Waals surface area contributed by atoms with Gasteiger partial charge in [-0.1, -0.05) is 41.9 Å². The number of rotatable bonds is 5. The first-order valence-electron chi connectivity index (χ1n) is 9.85. The Hall–Kier alpha value is -2.86. The van der Waals surface area contributed by atoms with Gasteiger partial charge in [-0.2, -0.15) is 5.10 Å². The van der Waals surface area contributed by atoms with E-state index in [0.717, 1.165) is 42.0 Å². The number of H-pyrrole nitrogens is 1. The minimum Gasteiger partial charge on any atom is -0.348 e. The molecule has 6 nitrogen and oxygen atoms in total. The zero-order chi connectivity index (χ0) is 20.2. The van der Waals surface area contributed by atoms with Crippen LogP contribution >= 0.6 is 11.6 Å². The van der Waals surface area contributed by atoms with Gasteiger partial charge in [0, 0.05) is 43.0 Å². The van der Waals surface area contributed by atoms with Crippen LogP contribution in [0.3, 0.4) is 0 Å². The smallest absolute Gasteiger partial charge is 0.246 e. The maximum atomic E-state index is 12.7. The van der Waals surface area contributed by atoms with Crippen LogP contribution in [0.2, 0.25) is 5.15 Å². The van der Waals surface area contributed by atoms with E-state index in [4.69, 9.17) is 11.6 Å². The number of piperidine rings is 1. The quantitative estimate of drug-likeness (QED) is 0.647. The third-order valence-electron chi connectivity index (χ3n) is 5.32. The molecule has 1 aromatic carbocycles. The van der Waals surface area contributed by atoms with E-state index in [9.17, 15) is 4.79 Å². The molecule has 0 saturated carbocycles. The highest BCUT2D eigenvalue weighted by Crippen LogP contribution is 2.25. The first kappa shape index (κ1) is 19.5. The van der Waals surface area contributed by atoms with Crippen LogP contribution in [0.25, 0.3) is 6.08 Å². The van der Waals surface area contributed by atoms with Crippen molar-refractivity contribution in [3.8, 4) is 0 Å². The molecule has 1 fully saturated rings. The molecule has 4 rings (SSSR count). The van der Waals surface area contributed by atoms with Gasteiger partial charge in [0.15, 0.2) is 0 Å². The minimum atomic E-state index is -0.00691. The molecule has 0 aliphatic carbocycles. The predicted octanol–water partition coefficient (Wildman–Crippen LogP) is 4.04. The van der Waals surface area contributed by atoms with Crippen molar-refractivity contribution < 1.29 is 4.79 Å². The van der Waals surface area contributed by atoms with Gasteiger partial charge in [0.1, 0.15) is 11.0 Å². The van der Waals surface area contributed by atoms with Crippen molar-refractivity contribution in [1.29, 1.82) is 0 Å². The Kier molecular flexibility index (Phi) is 5.81. The highest BCUT2D eigenvalue weighted by atomic mass is 35.5. The van der Waals surface area contributed by atoms with E-state index in [-0.39, 0.29) is 11.8 Å². The summed E-state index contributed by atoms with van der Waals surface area (Å²) in [6, 6.07) is 10.0. The molecule has 7 heteroatoms. The molecule has 29 heavy (non-hydrogen) atoms. The first-order chi connectivity index (χ1) is 14.1. The Balaban J connectivity index is 1.45. The predicted molar refractivity (Wildman–Crippen MR) is 114 cm³/mol. The van der Waals surface area contributed by atoms with Crippen LogP contribution < -0.4 is 0 Å². The molecule has 1 N–H and O–H groups in total. The Labute approximate surface area is 175 Å². The normalized spacial score (nSPS) is 17.2. The molecule has 150 valence electrons. The number of nitrogens with one attached hydrogen (secondary N) is 1. The third-order valence-corrected chi connectivity index (χ3v) is 5.71. The van der Waals surface area contributed by atoms with Gasteiger partial charge in [0.05, 0.1) is 12.2 Å². The maximum Gasteiger partial charge on any atom is 0.246 e. The third kappa shape index (κ3) is 4.43. The highest BCUT2D eigenvalue weighted by molar-refractivity contribution is 6.31. The monoisotopic (exact) mass is 409 g/mol. The fraction of sp³-hybridized carbons (Fsp3) is 0.318. The van der Waals surface area contributed by atoms with E-state index >= 15 is 0 Å². The van der Waals surface area contributed by atoms with Crippen LogP contribution in [-0.4, -0.2) is 43.6 Å². The lowest BCUT2D eigenvalue weighted by atomic mass is 9.97. The summed E-state index contributed by atoms with van der Waals surface area (Å²) in [6.45, 7) is 3.95. The molecule has 1 amide bonds. The minimum absolute atomic E-state index is 0.00691. The molecule has 0 radical (unpaired) electrons. The van der Waals surface area contributed by atoms with Gasteiger partial charge in [-0.3, -0.25) is 4.79 Å². The number of carbonyl (C=O) groups is 1. The summed E-state index contributed by atoms with van der Waals surface area (Å²) in [5.74, 6) is 1.20. The van der Waals surface area contributed by atoms with Gasteiger partial charge in [-0.25, -0.2) is 9.67 Å². The number of hydrogen-bond donors (Lipinski definition) is 1. The SMILES string of the molecule is Cc1nn(Cc2ccccc2)c(Cl)c1C=CC(=O)N1CCCC(c2ncc[nH]2)C1. The van der Waals surface area contributed by atoms with Crippen LogP contribution in [-0.2, 0) is 11.3 Å². The Morgan fingerprint density at radius 3 is 2.93 bits per heavy atom. The fourth-order valence-electron chi connectivity index (χ4n) is 3.78. The zero-order valence-electron chi connectivity index (χ0n) is 16.4. The van der Waals surface area contributed by atoms with Gasteiger partial charge in [-0.05, 0) is 31.4 Å². The zero-order valence-corrected chi connectivity index (χ0v) is 17.1. The number of hydrogen-bond acceptors (Lipinski definition) is 3. The summed E-state index contributed by atoms with van der Waals surface area (Å²) < 4.78 is 1.77. The molecule has 1 saturated heterocycles. The number of aromatic nitrogens is 4. The molecule has 0 spiro atoms. The second-order valence-corrected chi connectivity index (χ2v) is 7.72. The van der Waals surface area contributed by atoms with Gasteiger partial charge in [0.25, 0.3) is 0 Å². The largest absolute Gasteiger partial charge is 0.348 e. The summed E-state index contributed by atoms with van der Waals surface area (Å²) in [5.41, 5.74) is 2.72. The van der Waals surface area contributed by atoms with Crippen molar-refractivity contribution in [1.82, 2.24) is 24.6 Å². The van der Waals surface area contributed by atoms with E-state index in [2.05, 4.69) is 15.1 Å². The average Bonchev–Trinajstić information content (AvgIpc) is 3.37. The number of imidazole rings is 1. The molecule has 1 aliphatic heterocycles. The van der Waals surface area contributed by atoms with Crippen molar-refractivity contribution in [2.75, 3.05) is 13.1 Å². The second kappa shape index (κ2) is 8.66. The summed E-state index contributed by atoms with van der Waals surface area (Å²) >= 11 is 6.55. The lowest BCUT2D eigenvalue weighted by molar-refractivity contribution is -0.127. The van der Waals surface area contributed by atoms with E-state index in [1.807, 2.05) is 48.4 Å². The highest BCUT2D eigenvalue weighted by Gasteiger charge is 2.25. The van der Waals surface area contributed by atoms with Crippen LogP contribution in [0, 0.1) is 6.92 Å². The maximum absolute atomic E-state index is 12.7. The summed E-state index contributed by atoms with van der Waals surface area (Å²) in [7, 11) is 0. The number of likely N-dealkylation sites (tertiary alicyclic amines) is 1.